The van der Waals surface area contributed by atoms with E-state index < -0.39 is 6.04 Å². The summed E-state index contributed by atoms with van der Waals surface area (Å²) in [6.45, 7) is 3.63. The summed E-state index contributed by atoms with van der Waals surface area (Å²) >= 11 is 0. The van der Waals surface area contributed by atoms with Crippen molar-refractivity contribution in [3.8, 4) is 11.5 Å². The van der Waals surface area contributed by atoms with Gasteiger partial charge in [-0.2, -0.15) is 0 Å². The van der Waals surface area contributed by atoms with Crippen molar-refractivity contribution >= 4 is 16.9 Å². The van der Waals surface area contributed by atoms with Crippen LogP contribution in [0.15, 0.2) is 57.6 Å². The molecule has 29 heavy (non-hydrogen) atoms. The summed E-state index contributed by atoms with van der Waals surface area (Å²) in [5, 5.41) is 3.54. The molecule has 4 aromatic rings. The average molecular weight is 396 g/mol. The first-order valence-corrected chi connectivity index (χ1v) is 9.09. The molecule has 0 fully saturated rings. The van der Waals surface area contributed by atoms with Crippen LogP contribution in [0.2, 0.25) is 0 Å². The molecule has 148 valence electrons. The number of hydrogen-bond acceptors (Lipinski definition) is 4. The molecule has 0 saturated heterocycles. The number of benzene rings is 2. The average Bonchev–Trinajstić information content (AvgIpc) is 3.27. The summed E-state index contributed by atoms with van der Waals surface area (Å²) in [5.74, 6) is -0.0604. The van der Waals surface area contributed by atoms with Crippen molar-refractivity contribution in [2.45, 2.75) is 26.3 Å². The molecule has 4 rings (SSSR count). The molecule has 2 aromatic carbocycles. The van der Waals surface area contributed by atoms with Crippen molar-refractivity contribution in [2.75, 3.05) is 0 Å². The topological polar surface area (TPSA) is 68.3 Å². The number of rotatable bonds is 5. The largest absolute Gasteiger partial charge is 0.459 e. The number of oxazole rings is 1. The third-order valence-corrected chi connectivity index (χ3v) is 4.69. The minimum absolute atomic E-state index is 0.0168. The third kappa shape index (κ3) is 3.89. The highest BCUT2D eigenvalue weighted by Crippen LogP contribution is 2.30. The van der Waals surface area contributed by atoms with Crippen molar-refractivity contribution in [3.63, 3.8) is 0 Å². The molecule has 7 heteroatoms. The number of fused-ring (bicyclic) bond motifs is 1. The van der Waals surface area contributed by atoms with E-state index in [4.69, 9.17) is 8.83 Å². The first-order valence-electron chi connectivity index (χ1n) is 9.09. The summed E-state index contributed by atoms with van der Waals surface area (Å²) in [5.41, 5.74) is 2.43. The van der Waals surface area contributed by atoms with E-state index >= 15 is 0 Å². The molecule has 0 aliphatic heterocycles. The van der Waals surface area contributed by atoms with E-state index in [-0.39, 0.29) is 24.0 Å². The Morgan fingerprint density at radius 2 is 1.86 bits per heavy atom. The summed E-state index contributed by atoms with van der Waals surface area (Å²) in [4.78, 5) is 16.7. The fraction of sp³-hybridized carbons (Fsp3) is 0.182. The monoisotopic (exact) mass is 396 g/mol. The Labute approximate surface area is 165 Å². The highest BCUT2D eigenvalue weighted by Gasteiger charge is 2.20. The molecule has 0 saturated carbocycles. The Kier molecular flexibility index (Phi) is 4.88. The number of aromatic nitrogens is 1. The van der Waals surface area contributed by atoms with Crippen molar-refractivity contribution in [1.82, 2.24) is 10.3 Å². The van der Waals surface area contributed by atoms with Gasteiger partial charge in [-0.05, 0) is 56.3 Å². The van der Waals surface area contributed by atoms with Crippen LogP contribution < -0.4 is 5.32 Å². The molecular formula is C22H18F2N2O3. The SMILES string of the molecule is Cc1c(C(C)NC(=O)Cc2coc(-c3ccc(F)cc3)n2)oc2ccc(F)cc12. The van der Waals surface area contributed by atoms with Crippen molar-refractivity contribution in [3.05, 3.63) is 77.4 Å². The lowest BCUT2D eigenvalue weighted by molar-refractivity contribution is -0.121. The number of aryl methyl sites for hydroxylation is 1. The quantitative estimate of drug-likeness (QED) is 0.510. The van der Waals surface area contributed by atoms with Crippen LogP contribution in [0, 0.1) is 18.6 Å². The van der Waals surface area contributed by atoms with Gasteiger partial charge in [0, 0.05) is 16.5 Å². The predicted octanol–water partition coefficient (Wildman–Crippen LogP) is 5.09. The van der Waals surface area contributed by atoms with Crippen molar-refractivity contribution < 1.29 is 22.4 Å². The van der Waals surface area contributed by atoms with E-state index in [9.17, 15) is 13.6 Å². The molecule has 0 aliphatic carbocycles. The summed E-state index contributed by atoms with van der Waals surface area (Å²) in [6.07, 6.45) is 1.42. The number of amides is 1. The van der Waals surface area contributed by atoms with Gasteiger partial charge < -0.3 is 14.2 Å². The number of halogens is 2. The third-order valence-electron chi connectivity index (χ3n) is 4.69. The summed E-state index contributed by atoms with van der Waals surface area (Å²) < 4.78 is 37.7. The molecule has 0 spiro atoms. The zero-order valence-electron chi connectivity index (χ0n) is 15.8. The Hall–Kier alpha value is -3.48. The second-order valence-electron chi connectivity index (χ2n) is 6.85. The number of furan rings is 1. The number of carbonyl (C=O) groups excluding carboxylic acids is 1. The Morgan fingerprint density at radius 1 is 1.14 bits per heavy atom. The van der Waals surface area contributed by atoms with Crippen LogP contribution in [0.5, 0.6) is 0 Å². The van der Waals surface area contributed by atoms with E-state index in [1.165, 1.54) is 30.5 Å². The number of nitrogens with one attached hydrogen (secondary N) is 1. The molecule has 2 heterocycles. The molecule has 0 aliphatic rings. The standard InChI is InChI=1S/C22H18F2N2O3/c1-12-18-9-16(24)7-8-19(18)29-21(12)13(2)25-20(27)10-17-11-28-22(26-17)14-3-5-15(23)6-4-14/h3-9,11,13H,10H2,1-2H3,(H,25,27). The number of nitrogens with zero attached hydrogens (tertiary/aromatic N) is 1. The first kappa shape index (κ1) is 18.9. The van der Waals surface area contributed by atoms with E-state index in [0.29, 0.717) is 33.9 Å². The van der Waals surface area contributed by atoms with E-state index in [2.05, 4.69) is 10.3 Å². The maximum absolute atomic E-state index is 13.5. The summed E-state index contributed by atoms with van der Waals surface area (Å²) in [6, 6.07) is 9.66. The fourth-order valence-corrected chi connectivity index (χ4v) is 3.26. The lowest BCUT2D eigenvalue weighted by Gasteiger charge is -2.12. The zero-order valence-corrected chi connectivity index (χ0v) is 15.8. The summed E-state index contributed by atoms with van der Waals surface area (Å²) in [7, 11) is 0. The Bertz CT molecular complexity index is 1180. The van der Waals surface area contributed by atoms with E-state index in [0.717, 1.165) is 5.56 Å². The first-order chi connectivity index (χ1) is 13.9. The predicted molar refractivity (Wildman–Crippen MR) is 103 cm³/mol. The highest BCUT2D eigenvalue weighted by atomic mass is 19.1. The minimum Gasteiger partial charge on any atom is -0.459 e. The van der Waals surface area contributed by atoms with Gasteiger partial charge in [0.2, 0.25) is 11.8 Å². The van der Waals surface area contributed by atoms with Crippen molar-refractivity contribution in [2.24, 2.45) is 0 Å². The second kappa shape index (κ2) is 7.50. The molecular weight excluding hydrogens is 378 g/mol. The van der Waals surface area contributed by atoms with Crippen molar-refractivity contribution in [1.29, 1.82) is 0 Å². The normalized spacial score (nSPS) is 12.3. The van der Waals surface area contributed by atoms with Crippen LogP contribution in [-0.4, -0.2) is 10.9 Å². The van der Waals surface area contributed by atoms with Gasteiger partial charge in [-0.25, -0.2) is 13.8 Å². The van der Waals surface area contributed by atoms with Gasteiger partial charge in [0.25, 0.3) is 0 Å². The van der Waals surface area contributed by atoms with Crippen LogP contribution in [-0.2, 0) is 11.2 Å². The van der Waals surface area contributed by atoms with Crippen LogP contribution in [0.3, 0.4) is 0 Å². The van der Waals surface area contributed by atoms with Crippen LogP contribution in [0.1, 0.15) is 30.0 Å². The molecule has 1 N–H and O–H groups in total. The van der Waals surface area contributed by atoms with Gasteiger partial charge in [0.15, 0.2) is 0 Å². The lowest BCUT2D eigenvalue weighted by atomic mass is 10.1. The van der Waals surface area contributed by atoms with Gasteiger partial charge in [-0.15, -0.1) is 0 Å². The zero-order chi connectivity index (χ0) is 20.5. The molecule has 1 unspecified atom stereocenters. The molecule has 5 nitrogen and oxygen atoms in total. The van der Waals surface area contributed by atoms with E-state index in [1.807, 2.05) is 6.92 Å². The van der Waals surface area contributed by atoms with Gasteiger partial charge in [0.1, 0.15) is 29.2 Å². The van der Waals surface area contributed by atoms with Gasteiger partial charge in [-0.1, -0.05) is 0 Å². The maximum atomic E-state index is 13.5. The lowest BCUT2D eigenvalue weighted by Crippen LogP contribution is -2.28. The smallest absolute Gasteiger partial charge is 0.226 e. The fourth-order valence-electron chi connectivity index (χ4n) is 3.26. The Morgan fingerprint density at radius 3 is 2.62 bits per heavy atom. The van der Waals surface area contributed by atoms with Crippen LogP contribution in [0.4, 0.5) is 8.78 Å². The maximum Gasteiger partial charge on any atom is 0.226 e. The number of carbonyl (C=O) groups is 1. The van der Waals surface area contributed by atoms with Gasteiger partial charge in [-0.3, -0.25) is 4.79 Å². The van der Waals surface area contributed by atoms with Gasteiger partial charge >= 0.3 is 0 Å². The molecule has 1 amide bonds. The van der Waals surface area contributed by atoms with Gasteiger partial charge in [0.05, 0.1) is 18.2 Å². The molecule has 2 aromatic heterocycles. The highest BCUT2D eigenvalue weighted by molar-refractivity contribution is 5.83. The van der Waals surface area contributed by atoms with Crippen LogP contribution >= 0.6 is 0 Å². The molecule has 0 bridgehead atoms. The molecule has 1 atom stereocenters. The second-order valence-corrected chi connectivity index (χ2v) is 6.85. The van der Waals surface area contributed by atoms with Crippen LogP contribution in [0.25, 0.3) is 22.4 Å². The van der Waals surface area contributed by atoms with E-state index in [1.54, 1.807) is 25.1 Å². The molecule has 0 radical (unpaired) electrons. The minimum atomic E-state index is -0.401. The number of hydrogen-bond donors (Lipinski definition) is 1. The Balaban J connectivity index is 1.45.